The number of amides is 1. The van der Waals surface area contributed by atoms with E-state index in [1.807, 2.05) is 37.5 Å². The van der Waals surface area contributed by atoms with E-state index in [4.69, 9.17) is 0 Å². The number of nitro benzene ring substituents is 1. The minimum absolute atomic E-state index is 0.0359. The summed E-state index contributed by atoms with van der Waals surface area (Å²) >= 11 is 0. The zero-order valence-corrected chi connectivity index (χ0v) is 14.9. The second-order valence-corrected chi connectivity index (χ2v) is 6.23. The summed E-state index contributed by atoms with van der Waals surface area (Å²) < 4.78 is 1.67. The van der Waals surface area contributed by atoms with E-state index < -0.39 is 4.92 Å². The number of para-hydroxylation sites is 1. The fourth-order valence-electron chi connectivity index (χ4n) is 2.93. The maximum atomic E-state index is 12.9. The number of nitrogens with one attached hydrogen (secondary N) is 1. The van der Waals surface area contributed by atoms with Crippen molar-refractivity contribution in [1.29, 1.82) is 0 Å². The van der Waals surface area contributed by atoms with Crippen LogP contribution in [0.5, 0.6) is 0 Å². The van der Waals surface area contributed by atoms with Crippen LogP contribution in [0.1, 0.15) is 10.4 Å². The van der Waals surface area contributed by atoms with Gasteiger partial charge in [0.15, 0.2) is 0 Å². The van der Waals surface area contributed by atoms with Crippen LogP contribution >= 0.6 is 0 Å². The minimum atomic E-state index is -0.484. The van der Waals surface area contributed by atoms with E-state index in [1.54, 1.807) is 16.9 Å². The standard InChI is InChI=1S/C20H15N5O3/c1-24-12-13(11-21-24)19-10-17(16-4-2-3-5-18(16)23-19)20(26)22-14-6-8-15(9-7-14)25(27)28/h2-12H,1H3,(H,22,26). The van der Waals surface area contributed by atoms with Gasteiger partial charge < -0.3 is 5.32 Å². The van der Waals surface area contributed by atoms with Gasteiger partial charge in [-0.15, -0.1) is 0 Å². The van der Waals surface area contributed by atoms with Crippen molar-refractivity contribution >= 4 is 28.2 Å². The maximum absolute atomic E-state index is 12.9. The smallest absolute Gasteiger partial charge is 0.269 e. The lowest BCUT2D eigenvalue weighted by Crippen LogP contribution is -2.13. The Hall–Kier alpha value is -4.07. The van der Waals surface area contributed by atoms with Gasteiger partial charge in [-0.3, -0.25) is 19.6 Å². The molecule has 2 aromatic heterocycles. The highest BCUT2D eigenvalue weighted by atomic mass is 16.6. The van der Waals surface area contributed by atoms with E-state index in [1.165, 1.54) is 24.3 Å². The zero-order valence-electron chi connectivity index (χ0n) is 14.9. The van der Waals surface area contributed by atoms with Gasteiger partial charge >= 0.3 is 0 Å². The monoisotopic (exact) mass is 373 g/mol. The van der Waals surface area contributed by atoms with Crippen LogP contribution in [0.15, 0.2) is 67.0 Å². The summed E-state index contributed by atoms with van der Waals surface area (Å²) in [7, 11) is 1.81. The molecule has 138 valence electrons. The summed E-state index contributed by atoms with van der Waals surface area (Å²) in [6.07, 6.45) is 3.52. The molecule has 1 amide bonds. The fraction of sp³-hybridized carbons (Fsp3) is 0.0500. The van der Waals surface area contributed by atoms with Gasteiger partial charge in [0.05, 0.1) is 27.9 Å². The molecule has 2 heterocycles. The van der Waals surface area contributed by atoms with Gasteiger partial charge in [-0.1, -0.05) is 18.2 Å². The number of aryl methyl sites for hydroxylation is 1. The molecule has 0 aliphatic heterocycles. The van der Waals surface area contributed by atoms with E-state index in [-0.39, 0.29) is 11.6 Å². The van der Waals surface area contributed by atoms with Gasteiger partial charge in [-0.25, -0.2) is 4.98 Å². The molecule has 0 spiro atoms. The molecule has 4 rings (SSSR count). The molecule has 0 saturated heterocycles. The van der Waals surface area contributed by atoms with Crippen LogP contribution in [-0.2, 0) is 7.05 Å². The highest BCUT2D eigenvalue weighted by Gasteiger charge is 2.15. The van der Waals surface area contributed by atoms with Crippen molar-refractivity contribution < 1.29 is 9.72 Å². The highest BCUT2D eigenvalue weighted by molar-refractivity contribution is 6.13. The lowest BCUT2D eigenvalue weighted by molar-refractivity contribution is -0.384. The Kier molecular flexibility index (Phi) is 4.29. The molecule has 0 bridgehead atoms. The van der Waals surface area contributed by atoms with Gasteiger partial charge in [-0.05, 0) is 24.3 Å². The van der Waals surface area contributed by atoms with E-state index in [2.05, 4.69) is 15.4 Å². The number of nitrogens with zero attached hydrogens (tertiary/aromatic N) is 4. The van der Waals surface area contributed by atoms with Crippen molar-refractivity contribution in [3.05, 3.63) is 82.7 Å². The van der Waals surface area contributed by atoms with Gasteiger partial charge in [0.1, 0.15) is 0 Å². The lowest BCUT2D eigenvalue weighted by atomic mass is 10.0. The average Bonchev–Trinajstić information content (AvgIpc) is 3.14. The van der Waals surface area contributed by atoms with Crippen molar-refractivity contribution in [3.8, 4) is 11.3 Å². The van der Waals surface area contributed by atoms with E-state index in [9.17, 15) is 14.9 Å². The first-order chi connectivity index (χ1) is 13.5. The topological polar surface area (TPSA) is 103 Å². The van der Waals surface area contributed by atoms with Crippen LogP contribution in [0, 0.1) is 10.1 Å². The number of carbonyl (C=O) groups is 1. The normalized spacial score (nSPS) is 10.8. The third kappa shape index (κ3) is 3.30. The number of hydrogen-bond donors (Lipinski definition) is 1. The van der Waals surface area contributed by atoms with Crippen molar-refractivity contribution in [2.75, 3.05) is 5.32 Å². The molecule has 8 nitrogen and oxygen atoms in total. The predicted octanol–water partition coefficient (Wildman–Crippen LogP) is 3.80. The number of carbonyl (C=O) groups excluding carboxylic acids is 1. The Balaban J connectivity index is 1.73. The second kappa shape index (κ2) is 6.92. The van der Waals surface area contributed by atoms with Gasteiger partial charge in [0.2, 0.25) is 0 Å². The number of fused-ring (bicyclic) bond motifs is 1. The molecule has 1 N–H and O–H groups in total. The summed E-state index contributed by atoms with van der Waals surface area (Å²) in [6, 6.07) is 14.8. The summed E-state index contributed by atoms with van der Waals surface area (Å²) in [4.78, 5) is 27.9. The van der Waals surface area contributed by atoms with Crippen LogP contribution < -0.4 is 5.32 Å². The first-order valence-corrected chi connectivity index (χ1v) is 8.46. The van der Waals surface area contributed by atoms with Crippen molar-refractivity contribution in [2.24, 2.45) is 7.05 Å². The number of non-ortho nitro benzene ring substituents is 1. The van der Waals surface area contributed by atoms with Crippen LogP contribution in [0.4, 0.5) is 11.4 Å². The van der Waals surface area contributed by atoms with E-state index in [0.717, 1.165) is 10.9 Å². The first-order valence-electron chi connectivity index (χ1n) is 8.46. The largest absolute Gasteiger partial charge is 0.322 e. The molecule has 0 unspecified atom stereocenters. The molecule has 0 radical (unpaired) electrons. The Morgan fingerprint density at radius 2 is 1.89 bits per heavy atom. The number of nitro groups is 1. The SMILES string of the molecule is Cn1cc(-c2cc(C(=O)Nc3ccc([N+](=O)[O-])cc3)c3ccccc3n2)cn1. The molecule has 2 aromatic carbocycles. The average molecular weight is 373 g/mol. The molecule has 0 saturated carbocycles. The van der Waals surface area contributed by atoms with Crippen molar-refractivity contribution in [1.82, 2.24) is 14.8 Å². The Morgan fingerprint density at radius 3 is 2.57 bits per heavy atom. The number of pyridine rings is 1. The lowest BCUT2D eigenvalue weighted by Gasteiger charge is -2.10. The highest BCUT2D eigenvalue weighted by Crippen LogP contribution is 2.25. The Morgan fingerprint density at radius 1 is 1.14 bits per heavy atom. The molecule has 8 heteroatoms. The zero-order chi connectivity index (χ0) is 19.7. The Labute approximate surface area is 159 Å². The summed E-state index contributed by atoms with van der Waals surface area (Å²) in [5.41, 5.74) is 3.03. The molecular weight excluding hydrogens is 358 g/mol. The molecule has 0 atom stereocenters. The van der Waals surface area contributed by atoms with Gasteiger partial charge in [0.25, 0.3) is 11.6 Å². The number of benzene rings is 2. The second-order valence-electron chi connectivity index (χ2n) is 6.23. The third-order valence-corrected chi connectivity index (χ3v) is 4.30. The number of anilines is 1. The molecule has 28 heavy (non-hydrogen) atoms. The van der Waals surface area contributed by atoms with E-state index >= 15 is 0 Å². The maximum Gasteiger partial charge on any atom is 0.269 e. The Bertz CT molecular complexity index is 1200. The minimum Gasteiger partial charge on any atom is -0.322 e. The number of hydrogen-bond acceptors (Lipinski definition) is 5. The molecule has 0 aliphatic carbocycles. The van der Waals surface area contributed by atoms with Crippen LogP contribution in [0.25, 0.3) is 22.2 Å². The molecule has 0 aliphatic rings. The van der Waals surface area contributed by atoms with Gasteiger partial charge in [0, 0.05) is 42.0 Å². The first kappa shape index (κ1) is 17.3. The third-order valence-electron chi connectivity index (χ3n) is 4.30. The van der Waals surface area contributed by atoms with E-state index in [0.29, 0.717) is 22.5 Å². The predicted molar refractivity (Wildman–Crippen MR) is 105 cm³/mol. The van der Waals surface area contributed by atoms with Crippen molar-refractivity contribution in [2.45, 2.75) is 0 Å². The quantitative estimate of drug-likeness (QED) is 0.433. The van der Waals surface area contributed by atoms with Crippen LogP contribution in [-0.4, -0.2) is 25.6 Å². The van der Waals surface area contributed by atoms with Crippen LogP contribution in [0.3, 0.4) is 0 Å². The summed E-state index contributed by atoms with van der Waals surface area (Å²) in [6.45, 7) is 0. The van der Waals surface area contributed by atoms with Gasteiger partial charge in [-0.2, -0.15) is 5.10 Å². The summed E-state index contributed by atoms with van der Waals surface area (Å²) in [5, 5.41) is 18.4. The van der Waals surface area contributed by atoms with Crippen molar-refractivity contribution in [3.63, 3.8) is 0 Å². The number of aromatic nitrogens is 3. The van der Waals surface area contributed by atoms with Crippen LogP contribution in [0.2, 0.25) is 0 Å². The fourth-order valence-corrected chi connectivity index (χ4v) is 2.93. The molecule has 4 aromatic rings. The molecule has 0 fully saturated rings. The molecular formula is C20H15N5O3. The number of rotatable bonds is 4. The summed E-state index contributed by atoms with van der Waals surface area (Å²) in [5.74, 6) is -0.322.